The Bertz CT molecular complexity index is 516. The van der Waals surface area contributed by atoms with Crippen molar-refractivity contribution >= 4 is 5.97 Å². The van der Waals surface area contributed by atoms with Crippen molar-refractivity contribution in [3.8, 4) is 11.6 Å². The number of hydrogen-bond donors (Lipinski definition) is 0. The van der Waals surface area contributed by atoms with Crippen LogP contribution >= 0.6 is 0 Å². The number of pyridine rings is 1. The predicted molar refractivity (Wildman–Crippen MR) is 57.7 cm³/mol. The van der Waals surface area contributed by atoms with E-state index in [1.165, 1.54) is 25.7 Å². The fourth-order valence-corrected chi connectivity index (χ4v) is 1.13. The van der Waals surface area contributed by atoms with Gasteiger partial charge in [0.25, 0.3) is 0 Å². The average Bonchev–Trinajstić information content (AvgIpc) is 2.39. The minimum atomic E-state index is -0.561. The molecule has 2 aromatic heterocycles. The molecule has 0 bridgehead atoms. The molecule has 0 aliphatic heterocycles. The summed E-state index contributed by atoms with van der Waals surface area (Å²) in [7, 11) is 1.28. The Labute approximate surface area is 97.3 Å². The molecule has 6 nitrogen and oxygen atoms in total. The van der Waals surface area contributed by atoms with Crippen LogP contribution in [0, 0.1) is 0 Å². The van der Waals surface area contributed by atoms with E-state index in [1.807, 2.05) is 0 Å². The molecule has 0 aromatic carbocycles. The number of rotatable bonds is 3. The van der Waals surface area contributed by atoms with Crippen LogP contribution in [0.2, 0.25) is 0 Å². The third-order valence-corrected chi connectivity index (χ3v) is 1.86. The van der Waals surface area contributed by atoms with E-state index in [4.69, 9.17) is 4.74 Å². The van der Waals surface area contributed by atoms with Crippen LogP contribution in [-0.4, -0.2) is 28.0 Å². The van der Waals surface area contributed by atoms with Gasteiger partial charge in [-0.2, -0.15) is 0 Å². The number of carbonyl (C=O) groups is 1. The lowest BCUT2D eigenvalue weighted by Crippen LogP contribution is -2.05. The summed E-state index contributed by atoms with van der Waals surface area (Å²) >= 11 is 0. The molecule has 0 spiro atoms. The SMILES string of the molecule is COC(=O)c1cncc(Oc2cccnc2)n1. The first-order chi connectivity index (χ1) is 8.29. The van der Waals surface area contributed by atoms with Crippen LogP contribution in [-0.2, 0) is 4.74 Å². The van der Waals surface area contributed by atoms with Crippen molar-refractivity contribution in [3.05, 3.63) is 42.6 Å². The molecule has 2 heterocycles. The van der Waals surface area contributed by atoms with Gasteiger partial charge in [0.15, 0.2) is 5.69 Å². The topological polar surface area (TPSA) is 74.2 Å². The number of esters is 1. The molecule has 17 heavy (non-hydrogen) atoms. The summed E-state index contributed by atoms with van der Waals surface area (Å²) in [5.74, 6) is 0.166. The third-order valence-electron chi connectivity index (χ3n) is 1.86. The summed E-state index contributed by atoms with van der Waals surface area (Å²) in [6, 6.07) is 3.45. The highest BCUT2D eigenvalue weighted by Gasteiger charge is 2.09. The number of aromatic nitrogens is 3. The van der Waals surface area contributed by atoms with Gasteiger partial charge in [0.2, 0.25) is 5.88 Å². The quantitative estimate of drug-likeness (QED) is 0.744. The van der Waals surface area contributed by atoms with E-state index in [0.29, 0.717) is 5.75 Å². The van der Waals surface area contributed by atoms with Gasteiger partial charge in [0.05, 0.1) is 25.7 Å². The predicted octanol–water partition coefficient (Wildman–Crippen LogP) is 1.45. The zero-order valence-corrected chi connectivity index (χ0v) is 9.03. The molecule has 0 amide bonds. The zero-order chi connectivity index (χ0) is 12.1. The van der Waals surface area contributed by atoms with Gasteiger partial charge in [-0.1, -0.05) is 0 Å². The smallest absolute Gasteiger partial charge is 0.358 e. The van der Waals surface area contributed by atoms with Gasteiger partial charge in [-0.15, -0.1) is 0 Å². The highest BCUT2D eigenvalue weighted by Crippen LogP contribution is 2.16. The average molecular weight is 231 g/mol. The number of hydrogen-bond acceptors (Lipinski definition) is 6. The molecule has 0 saturated carbocycles. The van der Waals surface area contributed by atoms with E-state index in [9.17, 15) is 4.79 Å². The summed E-state index contributed by atoms with van der Waals surface area (Å²) in [6.45, 7) is 0. The Kier molecular flexibility index (Phi) is 3.25. The second kappa shape index (κ2) is 5.02. The Hall–Kier alpha value is -2.50. The van der Waals surface area contributed by atoms with Crippen molar-refractivity contribution in [1.82, 2.24) is 15.0 Å². The molecule has 0 saturated heterocycles. The van der Waals surface area contributed by atoms with Crippen LogP contribution in [0.25, 0.3) is 0 Å². The van der Waals surface area contributed by atoms with E-state index >= 15 is 0 Å². The van der Waals surface area contributed by atoms with Crippen LogP contribution < -0.4 is 4.74 Å². The Morgan fingerprint density at radius 3 is 2.82 bits per heavy atom. The molecule has 86 valence electrons. The summed E-state index contributed by atoms with van der Waals surface area (Å²) < 4.78 is 9.90. The van der Waals surface area contributed by atoms with Crippen molar-refractivity contribution in [3.63, 3.8) is 0 Å². The van der Waals surface area contributed by atoms with E-state index in [2.05, 4.69) is 19.7 Å². The van der Waals surface area contributed by atoms with Crippen molar-refractivity contribution in [2.75, 3.05) is 7.11 Å². The molecule has 0 N–H and O–H groups in total. The first-order valence-electron chi connectivity index (χ1n) is 4.78. The van der Waals surface area contributed by atoms with Crippen LogP contribution in [0.3, 0.4) is 0 Å². The van der Waals surface area contributed by atoms with Crippen molar-refractivity contribution in [2.24, 2.45) is 0 Å². The summed E-state index contributed by atoms with van der Waals surface area (Å²) in [5.41, 5.74) is 0.0916. The molecular weight excluding hydrogens is 222 g/mol. The Morgan fingerprint density at radius 1 is 1.24 bits per heavy atom. The van der Waals surface area contributed by atoms with Crippen LogP contribution in [0.1, 0.15) is 10.5 Å². The fourth-order valence-electron chi connectivity index (χ4n) is 1.13. The van der Waals surface area contributed by atoms with Crippen molar-refractivity contribution in [2.45, 2.75) is 0 Å². The Morgan fingerprint density at radius 2 is 2.12 bits per heavy atom. The molecule has 0 aliphatic carbocycles. The third kappa shape index (κ3) is 2.75. The van der Waals surface area contributed by atoms with E-state index < -0.39 is 5.97 Å². The van der Waals surface area contributed by atoms with Gasteiger partial charge >= 0.3 is 5.97 Å². The highest BCUT2D eigenvalue weighted by atomic mass is 16.5. The van der Waals surface area contributed by atoms with Crippen LogP contribution in [0.15, 0.2) is 36.9 Å². The largest absolute Gasteiger partial charge is 0.464 e. The van der Waals surface area contributed by atoms with E-state index in [-0.39, 0.29) is 11.6 Å². The van der Waals surface area contributed by atoms with Gasteiger partial charge in [-0.25, -0.2) is 9.78 Å². The summed E-state index contributed by atoms with van der Waals surface area (Å²) in [5, 5.41) is 0. The van der Waals surface area contributed by atoms with Gasteiger partial charge in [0.1, 0.15) is 5.75 Å². The number of ether oxygens (including phenoxy) is 2. The van der Waals surface area contributed by atoms with Gasteiger partial charge in [-0.05, 0) is 12.1 Å². The van der Waals surface area contributed by atoms with Gasteiger partial charge in [0, 0.05) is 6.20 Å². The maximum atomic E-state index is 11.2. The molecule has 6 heteroatoms. The summed E-state index contributed by atoms with van der Waals surface area (Å²) in [6.07, 6.45) is 5.87. The Balaban J connectivity index is 2.20. The minimum Gasteiger partial charge on any atom is -0.464 e. The van der Waals surface area contributed by atoms with E-state index in [1.54, 1.807) is 18.3 Å². The normalized spacial score (nSPS) is 9.71. The van der Waals surface area contributed by atoms with E-state index in [0.717, 1.165) is 0 Å². The second-order valence-corrected chi connectivity index (χ2v) is 3.02. The lowest BCUT2D eigenvalue weighted by Gasteiger charge is -2.04. The van der Waals surface area contributed by atoms with Crippen molar-refractivity contribution in [1.29, 1.82) is 0 Å². The van der Waals surface area contributed by atoms with Crippen LogP contribution in [0.5, 0.6) is 11.6 Å². The molecule has 2 aromatic rings. The van der Waals surface area contributed by atoms with Gasteiger partial charge < -0.3 is 9.47 Å². The number of nitrogens with zero attached hydrogens (tertiary/aromatic N) is 3. The molecule has 0 unspecified atom stereocenters. The molecule has 0 aliphatic rings. The molecule has 0 fully saturated rings. The monoisotopic (exact) mass is 231 g/mol. The molecule has 0 radical (unpaired) electrons. The number of carbonyl (C=O) groups excluding carboxylic acids is 1. The molecule has 0 atom stereocenters. The lowest BCUT2D eigenvalue weighted by atomic mass is 10.4. The van der Waals surface area contributed by atoms with Crippen LogP contribution in [0.4, 0.5) is 0 Å². The summed E-state index contributed by atoms with van der Waals surface area (Å²) in [4.78, 5) is 22.9. The molecule has 2 rings (SSSR count). The maximum absolute atomic E-state index is 11.2. The first kappa shape index (κ1) is 11.0. The number of methoxy groups -OCH3 is 1. The maximum Gasteiger partial charge on any atom is 0.358 e. The lowest BCUT2D eigenvalue weighted by molar-refractivity contribution is 0.0592. The first-order valence-corrected chi connectivity index (χ1v) is 4.78. The standard InChI is InChI=1S/C11H9N3O3/c1-16-11(15)9-6-13-7-10(14-9)17-8-3-2-4-12-5-8/h2-7H,1H3. The fraction of sp³-hybridized carbons (Fsp3) is 0.0909. The van der Waals surface area contributed by atoms with Crippen molar-refractivity contribution < 1.29 is 14.3 Å². The highest BCUT2D eigenvalue weighted by molar-refractivity contribution is 5.86. The molecular formula is C11H9N3O3. The zero-order valence-electron chi connectivity index (χ0n) is 9.03. The van der Waals surface area contributed by atoms with Gasteiger partial charge in [-0.3, -0.25) is 9.97 Å². The second-order valence-electron chi connectivity index (χ2n) is 3.02. The minimum absolute atomic E-state index is 0.0916.